The second-order valence-electron chi connectivity index (χ2n) is 5.42. The van der Waals surface area contributed by atoms with E-state index >= 15 is 0 Å². The molecule has 4 rings (SSSR count). The molecule has 0 fully saturated rings. The van der Waals surface area contributed by atoms with E-state index in [1.165, 1.54) is 5.56 Å². The highest BCUT2D eigenvalue weighted by Gasteiger charge is 2.19. The Morgan fingerprint density at radius 3 is 2.57 bits per heavy atom. The van der Waals surface area contributed by atoms with E-state index < -0.39 is 0 Å². The molecule has 4 heteroatoms. The minimum Gasteiger partial charge on any atom is -0.468 e. The number of hydrogen-bond acceptors (Lipinski definition) is 4. The van der Waals surface area contributed by atoms with Crippen molar-refractivity contribution in [1.29, 1.82) is 0 Å². The third-order valence-corrected chi connectivity index (χ3v) is 3.92. The van der Waals surface area contributed by atoms with Crippen LogP contribution in [0.3, 0.4) is 0 Å². The molecule has 0 amide bonds. The maximum absolute atomic E-state index is 5.51. The number of ether oxygens (including phenoxy) is 2. The van der Waals surface area contributed by atoms with E-state index in [4.69, 9.17) is 13.9 Å². The second-order valence-corrected chi connectivity index (χ2v) is 5.42. The summed E-state index contributed by atoms with van der Waals surface area (Å²) in [4.78, 5) is 0. The molecule has 23 heavy (non-hydrogen) atoms. The first kappa shape index (κ1) is 13.9. The highest BCUT2D eigenvalue weighted by Crippen LogP contribution is 2.35. The van der Waals surface area contributed by atoms with Gasteiger partial charge in [0.25, 0.3) is 0 Å². The Balaban J connectivity index is 1.64. The van der Waals surface area contributed by atoms with Crippen LogP contribution in [0.15, 0.2) is 71.3 Å². The molecule has 1 N–H and O–H groups in total. The molecule has 0 radical (unpaired) electrons. The summed E-state index contributed by atoms with van der Waals surface area (Å²) in [6, 6.07) is 20.3. The zero-order valence-corrected chi connectivity index (χ0v) is 12.6. The number of rotatable bonds is 5. The molecule has 1 aromatic heterocycles. The van der Waals surface area contributed by atoms with Crippen molar-refractivity contribution in [2.24, 2.45) is 0 Å². The Labute approximate surface area is 134 Å². The largest absolute Gasteiger partial charge is 0.468 e. The zero-order valence-electron chi connectivity index (χ0n) is 12.6. The Morgan fingerprint density at radius 1 is 0.870 bits per heavy atom. The molecular weight excluding hydrogens is 290 g/mol. The third-order valence-electron chi connectivity index (χ3n) is 3.92. The molecule has 0 aliphatic carbocycles. The first-order chi connectivity index (χ1) is 11.4. The van der Waals surface area contributed by atoms with E-state index in [0.717, 1.165) is 22.8 Å². The van der Waals surface area contributed by atoms with E-state index in [-0.39, 0.29) is 12.8 Å². The van der Waals surface area contributed by atoms with E-state index in [9.17, 15) is 0 Å². The van der Waals surface area contributed by atoms with Crippen LogP contribution in [0.4, 0.5) is 0 Å². The van der Waals surface area contributed by atoms with Crippen molar-refractivity contribution >= 4 is 0 Å². The minimum atomic E-state index is 0.0517. The summed E-state index contributed by atoms with van der Waals surface area (Å²) in [5.74, 6) is 2.50. The topological polar surface area (TPSA) is 43.6 Å². The molecular formula is C19H17NO3. The zero-order chi connectivity index (χ0) is 15.5. The number of fused-ring (bicyclic) bond motifs is 1. The van der Waals surface area contributed by atoms with Gasteiger partial charge < -0.3 is 13.9 Å². The summed E-state index contributed by atoms with van der Waals surface area (Å²) in [7, 11) is 0. The first-order valence-corrected chi connectivity index (χ1v) is 7.60. The van der Waals surface area contributed by atoms with Crippen LogP contribution in [-0.2, 0) is 6.54 Å². The van der Waals surface area contributed by atoms with Gasteiger partial charge in [0.2, 0.25) is 6.79 Å². The van der Waals surface area contributed by atoms with Gasteiger partial charge in [0.15, 0.2) is 11.5 Å². The fourth-order valence-corrected chi connectivity index (χ4v) is 2.78. The molecule has 0 unspecified atom stereocenters. The molecule has 1 aliphatic heterocycles. The van der Waals surface area contributed by atoms with Crippen LogP contribution >= 0.6 is 0 Å². The molecule has 4 nitrogen and oxygen atoms in total. The smallest absolute Gasteiger partial charge is 0.231 e. The van der Waals surface area contributed by atoms with Gasteiger partial charge in [-0.15, -0.1) is 0 Å². The number of furan rings is 1. The average molecular weight is 307 g/mol. The molecule has 0 bridgehead atoms. The summed E-state index contributed by atoms with van der Waals surface area (Å²) in [6.45, 7) is 0.940. The highest BCUT2D eigenvalue weighted by atomic mass is 16.7. The van der Waals surface area contributed by atoms with Gasteiger partial charge in [0, 0.05) is 0 Å². The summed E-state index contributed by atoms with van der Waals surface area (Å²) in [6.07, 6.45) is 1.69. The van der Waals surface area contributed by atoms with Crippen molar-refractivity contribution in [2.75, 3.05) is 6.79 Å². The number of benzene rings is 2. The van der Waals surface area contributed by atoms with Crippen LogP contribution in [0, 0.1) is 0 Å². The lowest BCUT2D eigenvalue weighted by atomic mass is 9.98. The molecule has 3 aromatic rings. The summed E-state index contributed by atoms with van der Waals surface area (Å²) in [5, 5.41) is 3.56. The predicted molar refractivity (Wildman–Crippen MR) is 86.4 cm³/mol. The van der Waals surface area contributed by atoms with Crippen LogP contribution in [0.2, 0.25) is 0 Å². The summed E-state index contributed by atoms with van der Waals surface area (Å²) >= 11 is 0. The lowest BCUT2D eigenvalue weighted by Crippen LogP contribution is -2.21. The number of nitrogens with one attached hydrogen (secondary N) is 1. The standard InChI is InChI=1S/C19H17NO3/c1-2-5-14(6-3-1)19(20-12-16-7-4-10-21-16)15-8-9-17-18(11-15)23-13-22-17/h1-11,19-20H,12-13H2/t19-/m0/s1. The Hall–Kier alpha value is -2.72. The van der Waals surface area contributed by atoms with Crippen molar-refractivity contribution in [1.82, 2.24) is 5.32 Å². The van der Waals surface area contributed by atoms with E-state index in [2.05, 4.69) is 23.5 Å². The fourth-order valence-electron chi connectivity index (χ4n) is 2.78. The van der Waals surface area contributed by atoms with Gasteiger partial charge in [-0.1, -0.05) is 36.4 Å². The quantitative estimate of drug-likeness (QED) is 0.776. The third kappa shape index (κ3) is 2.94. The number of hydrogen-bond donors (Lipinski definition) is 1. The van der Waals surface area contributed by atoms with Crippen LogP contribution in [0.25, 0.3) is 0 Å². The monoisotopic (exact) mass is 307 g/mol. The molecule has 1 aliphatic rings. The molecule has 0 saturated carbocycles. The lowest BCUT2D eigenvalue weighted by Gasteiger charge is -2.19. The molecule has 0 spiro atoms. The van der Waals surface area contributed by atoms with Crippen molar-refractivity contribution in [3.05, 3.63) is 83.8 Å². The maximum Gasteiger partial charge on any atom is 0.231 e. The van der Waals surface area contributed by atoms with Gasteiger partial charge in [-0.05, 0) is 35.4 Å². The maximum atomic E-state index is 5.51. The van der Waals surface area contributed by atoms with Crippen molar-refractivity contribution in [3.63, 3.8) is 0 Å². The van der Waals surface area contributed by atoms with Crippen molar-refractivity contribution in [3.8, 4) is 11.5 Å². The molecule has 1 atom stereocenters. The highest BCUT2D eigenvalue weighted by molar-refractivity contribution is 5.47. The Bertz CT molecular complexity index is 769. The Morgan fingerprint density at radius 2 is 1.74 bits per heavy atom. The van der Waals surface area contributed by atoms with Gasteiger partial charge in [0.05, 0.1) is 18.8 Å². The van der Waals surface area contributed by atoms with Gasteiger partial charge >= 0.3 is 0 Å². The molecule has 2 aromatic carbocycles. The predicted octanol–water partition coefficient (Wildman–Crippen LogP) is 3.89. The van der Waals surface area contributed by atoms with Gasteiger partial charge in [0.1, 0.15) is 5.76 Å². The van der Waals surface area contributed by atoms with E-state index in [0.29, 0.717) is 6.54 Å². The van der Waals surface area contributed by atoms with Gasteiger partial charge in [-0.2, -0.15) is 0 Å². The van der Waals surface area contributed by atoms with Crippen molar-refractivity contribution < 1.29 is 13.9 Å². The first-order valence-electron chi connectivity index (χ1n) is 7.60. The van der Waals surface area contributed by atoms with Crippen LogP contribution < -0.4 is 14.8 Å². The lowest BCUT2D eigenvalue weighted by molar-refractivity contribution is 0.174. The van der Waals surface area contributed by atoms with Gasteiger partial charge in [-0.3, -0.25) is 5.32 Å². The molecule has 116 valence electrons. The summed E-state index contributed by atoms with van der Waals surface area (Å²) < 4.78 is 16.3. The van der Waals surface area contributed by atoms with Crippen LogP contribution in [-0.4, -0.2) is 6.79 Å². The summed E-state index contributed by atoms with van der Waals surface area (Å²) in [5.41, 5.74) is 2.32. The van der Waals surface area contributed by atoms with E-state index in [1.807, 2.05) is 42.5 Å². The van der Waals surface area contributed by atoms with Crippen LogP contribution in [0.5, 0.6) is 11.5 Å². The Kier molecular flexibility index (Phi) is 3.74. The fraction of sp³-hybridized carbons (Fsp3) is 0.158. The molecule has 2 heterocycles. The van der Waals surface area contributed by atoms with Crippen molar-refractivity contribution in [2.45, 2.75) is 12.6 Å². The van der Waals surface area contributed by atoms with Gasteiger partial charge in [-0.25, -0.2) is 0 Å². The van der Waals surface area contributed by atoms with E-state index in [1.54, 1.807) is 6.26 Å². The minimum absolute atomic E-state index is 0.0517. The SMILES string of the molecule is c1ccc([C@H](NCc2ccco2)c2ccc3c(c2)OCO3)cc1. The van der Waals surface area contributed by atoms with Crippen LogP contribution in [0.1, 0.15) is 22.9 Å². The average Bonchev–Trinajstić information content (AvgIpc) is 3.27. The molecule has 0 saturated heterocycles. The second kappa shape index (κ2) is 6.18. The normalized spacial score (nSPS) is 13.9.